The number of benzene rings is 2. The fourth-order valence-corrected chi connectivity index (χ4v) is 4.00. The molecule has 0 spiro atoms. The number of hydrogen-bond acceptors (Lipinski definition) is 5. The molecule has 4 rings (SSSR count). The van der Waals surface area contributed by atoms with E-state index in [1.165, 1.54) is 12.0 Å². The lowest BCUT2D eigenvalue weighted by atomic mass is 9.95. The molecule has 0 saturated carbocycles. The third-order valence-electron chi connectivity index (χ3n) is 5.70. The molecule has 6 nitrogen and oxygen atoms in total. The SMILES string of the molecule is CCc1ccc(N2C(=O)C(=O)/C(=C(/O)c3cc(C)ccc3OC)C2c2ccncc2)cc1. The Morgan fingerprint density at radius 1 is 1.06 bits per heavy atom. The summed E-state index contributed by atoms with van der Waals surface area (Å²) < 4.78 is 5.41. The normalized spacial score (nSPS) is 17.6. The Morgan fingerprint density at radius 3 is 2.38 bits per heavy atom. The number of ketones is 1. The molecular formula is C26H24N2O4. The molecule has 1 unspecified atom stereocenters. The monoisotopic (exact) mass is 428 g/mol. The Labute approximate surface area is 186 Å². The Kier molecular flexibility index (Phi) is 5.77. The second-order valence-electron chi connectivity index (χ2n) is 7.67. The van der Waals surface area contributed by atoms with Crippen LogP contribution in [-0.4, -0.2) is 28.9 Å². The van der Waals surface area contributed by atoms with Gasteiger partial charge >= 0.3 is 0 Å². The molecule has 2 heterocycles. The molecule has 1 N–H and O–H groups in total. The van der Waals surface area contributed by atoms with Crippen molar-refractivity contribution < 1.29 is 19.4 Å². The molecule has 1 fully saturated rings. The van der Waals surface area contributed by atoms with Crippen molar-refractivity contribution in [1.29, 1.82) is 0 Å². The molecule has 3 aromatic rings. The van der Waals surface area contributed by atoms with Gasteiger partial charge in [-0.25, -0.2) is 0 Å². The van der Waals surface area contributed by atoms with Crippen LogP contribution in [0, 0.1) is 6.92 Å². The van der Waals surface area contributed by atoms with Crippen LogP contribution in [0.15, 0.2) is 72.6 Å². The van der Waals surface area contributed by atoms with Crippen molar-refractivity contribution in [2.24, 2.45) is 0 Å². The third kappa shape index (κ3) is 3.64. The molecule has 1 aromatic heterocycles. The van der Waals surface area contributed by atoms with E-state index in [1.807, 2.05) is 44.2 Å². The van der Waals surface area contributed by atoms with Crippen molar-refractivity contribution >= 4 is 23.1 Å². The largest absolute Gasteiger partial charge is 0.507 e. The lowest BCUT2D eigenvalue weighted by Crippen LogP contribution is -2.29. The van der Waals surface area contributed by atoms with Gasteiger partial charge in [-0.2, -0.15) is 0 Å². The second-order valence-corrected chi connectivity index (χ2v) is 7.67. The summed E-state index contributed by atoms with van der Waals surface area (Å²) in [5.74, 6) is -1.28. The minimum atomic E-state index is -0.796. The van der Waals surface area contributed by atoms with E-state index < -0.39 is 17.7 Å². The van der Waals surface area contributed by atoms with Gasteiger partial charge in [-0.1, -0.05) is 30.7 Å². The lowest BCUT2D eigenvalue weighted by Gasteiger charge is -2.25. The first-order valence-electron chi connectivity index (χ1n) is 10.4. The molecule has 162 valence electrons. The van der Waals surface area contributed by atoms with E-state index >= 15 is 0 Å². The standard InChI is InChI=1S/C26H24N2O4/c1-4-17-6-8-19(9-7-17)28-23(18-11-13-27-14-12-18)22(25(30)26(28)31)24(29)20-15-16(2)5-10-21(20)32-3/h5-15,23,29H,4H2,1-3H3/b24-22+. The minimum Gasteiger partial charge on any atom is -0.507 e. The van der Waals surface area contributed by atoms with Crippen molar-refractivity contribution in [1.82, 2.24) is 4.98 Å². The zero-order chi connectivity index (χ0) is 22.8. The number of ether oxygens (including phenoxy) is 1. The van der Waals surface area contributed by atoms with Crippen molar-refractivity contribution in [3.8, 4) is 5.75 Å². The van der Waals surface area contributed by atoms with Crippen LogP contribution in [0.4, 0.5) is 5.69 Å². The Hall–Kier alpha value is -3.93. The quantitative estimate of drug-likeness (QED) is 0.365. The Bertz CT molecular complexity index is 1200. The summed E-state index contributed by atoms with van der Waals surface area (Å²) >= 11 is 0. The number of methoxy groups -OCH3 is 1. The van der Waals surface area contributed by atoms with E-state index in [0.717, 1.165) is 17.5 Å². The van der Waals surface area contributed by atoms with Crippen LogP contribution in [0.5, 0.6) is 5.75 Å². The zero-order valence-corrected chi connectivity index (χ0v) is 18.2. The Morgan fingerprint density at radius 2 is 1.75 bits per heavy atom. The molecule has 1 amide bonds. The molecule has 1 aliphatic rings. The van der Waals surface area contributed by atoms with E-state index in [-0.39, 0.29) is 11.3 Å². The van der Waals surface area contributed by atoms with Gasteiger partial charge in [0.25, 0.3) is 11.7 Å². The summed E-state index contributed by atoms with van der Waals surface area (Å²) in [6.07, 6.45) is 4.06. The van der Waals surface area contributed by atoms with Gasteiger partial charge in [0.2, 0.25) is 0 Å². The van der Waals surface area contributed by atoms with Crippen molar-refractivity contribution in [2.45, 2.75) is 26.3 Å². The fraction of sp³-hybridized carbons (Fsp3) is 0.192. The first-order valence-corrected chi connectivity index (χ1v) is 10.4. The van der Waals surface area contributed by atoms with Crippen LogP contribution in [-0.2, 0) is 16.0 Å². The highest BCUT2D eigenvalue weighted by atomic mass is 16.5. The summed E-state index contributed by atoms with van der Waals surface area (Å²) in [5.41, 5.74) is 3.65. The number of amides is 1. The van der Waals surface area contributed by atoms with Crippen molar-refractivity contribution in [3.05, 3.63) is 94.8 Å². The summed E-state index contributed by atoms with van der Waals surface area (Å²) in [7, 11) is 1.50. The number of Topliss-reactive ketones (excluding diaryl/α,β-unsaturated/α-hetero) is 1. The molecule has 2 aromatic carbocycles. The van der Waals surface area contributed by atoms with Gasteiger partial charge in [0, 0.05) is 18.1 Å². The number of aryl methyl sites for hydroxylation is 2. The molecule has 1 aliphatic heterocycles. The summed E-state index contributed by atoms with van der Waals surface area (Å²) in [6, 6.07) is 15.5. The number of pyridine rings is 1. The van der Waals surface area contributed by atoms with Crippen LogP contribution in [0.2, 0.25) is 0 Å². The van der Waals surface area contributed by atoms with E-state index in [4.69, 9.17) is 4.74 Å². The second kappa shape index (κ2) is 8.67. The summed E-state index contributed by atoms with van der Waals surface area (Å²) in [6.45, 7) is 3.93. The maximum absolute atomic E-state index is 13.2. The van der Waals surface area contributed by atoms with E-state index in [9.17, 15) is 14.7 Å². The topological polar surface area (TPSA) is 79.7 Å². The lowest BCUT2D eigenvalue weighted by molar-refractivity contribution is -0.132. The molecule has 0 bridgehead atoms. The van der Waals surface area contributed by atoms with E-state index in [0.29, 0.717) is 22.6 Å². The number of hydrogen-bond donors (Lipinski definition) is 1. The maximum Gasteiger partial charge on any atom is 0.300 e. The van der Waals surface area contributed by atoms with Crippen molar-refractivity contribution in [3.63, 3.8) is 0 Å². The van der Waals surface area contributed by atoms with Crippen LogP contribution < -0.4 is 9.64 Å². The molecular weight excluding hydrogens is 404 g/mol. The van der Waals surface area contributed by atoms with Gasteiger partial charge < -0.3 is 9.84 Å². The molecule has 0 radical (unpaired) electrons. The van der Waals surface area contributed by atoms with Gasteiger partial charge in [0.15, 0.2) is 0 Å². The number of nitrogens with zero attached hydrogens (tertiary/aromatic N) is 2. The Balaban J connectivity index is 1.95. The molecule has 1 atom stereocenters. The van der Waals surface area contributed by atoms with Crippen LogP contribution in [0.1, 0.15) is 35.2 Å². The van der Waals surface area contributed by atoms with Gasteiger partial charge in [0.1, 0.15) is 11.5 Å². The van der Waals surface area contributed by atoms with Gasteiger partial charge in [-0.3, -0.25) is 19.5 Å². The number of carbonyl (C=O) groups excluding carboxylic acids is 2. The zero-order valence-electron chi connectivity index (χ0n) is 18.2. The average molecular weight is 428 g/mol. The molecule has 32 heavy (non-hydrogen) atoms. The first kappa shape index (κ1) is 21.3. The number of carbonyl (C=O) groups is 2. The van der Waals surface area contributed by atoms with E-state index in [2.05, 4.69) is 4.98 Å². The van der Waals surface area contributed by atoms with Crippen LogP contribution in [0.3, 0.4) is 0 Å². The number of anilines is 1. The number of aromatic nitrogens is 1. The smallest absolute Gasteiger partial charge is 0.300 e. The van der Waals surface area contributed by atoms with Gasteiger partial charge in [0.05, 0.1) is 24.3 Å². The maximum atomic E-state index is 13.2. The van der Waals surface area contributed by atoms with Gasteiger partial charge in [-0.15, -0.1) is 0 Å². The fourth-order valence-electron chi connectivity index (χ4n) is 4.00. The highest BCUT2D eigenvalue weighted by Gasteiger charge is 2.47. The molecule has 1 saturated heterocycles. The third-order valence-corrected chi connectivity index (χ3v) is 5.70. The minimum absolute atomic E-state index is 0.0182. The molecule has 6 heteroatoms. The highest BCUT2D eigenvalue weighted by molar-refractivity contribution is 6.51. The van der Waals surface area contributed by atoms with Crippen LogP contribution >= 0.6 is 0 Å². The van der Waals surface area contributed by atoms with Crippen LogP contribution in [0.25, 0.3) is 5.76 Å². The number of aliphatic hydroxyl groups is 1. The predicted octanol–water partition coefficient (Wildman–Crippen LogP) is 4.59. The van der Waals surface area contributed by atoms with Gasteiger partial charge in [-0.05, 0) is 60.9 Å². The predicted molar refractivity (Wildman–Crippen MR) is 123 cm³/mol. The number of rotatable bonds is 5. The highest BCUT2D eigenvalue weighted by Crippen LogP contribution is 2.43. The summed E-state index contributed by atoms with van der Waals surface area (Å²) in [5, 5.41) is 11.3. The first-order chi connectivity index (χ1) is 15.5. The molecule has 0 aliphatic carbocycles. The summed E-state index contributed by atoms with van der Waals surface area (Å²) in [4.78, 5) is 31.9. The average Bonchev–Trinajstić information content (AvgIpc) is 3.09. The number of aliphatic hydroxyl groups excluding tert-OH is 1. The van der Waals surface area contributed by atoms with E-state index in [1.54, 1.807) is 36.7 Å². The van der Waals surface area contributed by atoms with Crippen molar-refractivity contribution in [2.75, 3.05) is 12.0 Å².